The molecule has 0 saturated carbocycles. The molecule has 0 radical (unpaired) electrons. The van der Waals surface area contributed by atoms with Gasteiger partial charge in [0.2, 0.25) is 5.82 Å². The molecule has 41 heavy (non-hydrogen) atoms. The van der Waals surface area contributed by atoms with Crippen LogP contribution in [-0.4, -0.2) is 71.2 Å². The second-order valence-electron chi connectivity index (χ2n) is 8.98. The summed E-state index contributed by atoms with van der Waals surface area (Å²) in [7, 11) is 1.27. The van der Waals surface area contributed by atoms with Crippen molar-refractivity contribution in [3.63, 3.8) is 0 Å². The van der Waals surface area contributed by atoms with Crippen LogP contribution < -0.4 is 26.0 Å². The summed E-state index contributed by atoms with van der Waals surface area (Å²) in [6.07, 6.45) is 5.19. The van der Waals surface area contributed by atoms with E-state index in [0.29, 0.717) is 61.0 Å². The number of carboxylic acids is 1. The number of nitrogens with one attached hydrogen (secondary N) is 4. The van der Waals surface area contributed by atoms with Crippen LogP contribution in [-0.2, 0) is 11.2 Å². The number of hydrogen-bond acceptors (Lipinski definition) is 8. The highest BCUT2D eigenvalue weighted by atomic mass is 19.2. The van der Waals surface area contributed by atoms with Crippen molar-refractivity contribution in [1.82, 2.24) is 30.3 Å². The van der Waals surface area contributed by atoms with Gasteiger partial charge in [-0.05, 0) is 42.3 Å². The van der Waals surface area contributed by atoms with Gasteiger partial charge >= 0.3 is 5.97 Å². The maximum atomic E-state index is 14.8. The summed E-state index contributed by atoms with van der Waals surface area (Å²) >= 11 is 0. The maximum absolute atomic E-state index is 14.8. The van der Waals surface area contributed by atoms with Gasteiger partial charge in [0.1, 0.15) is 0 Å². The molecular formula is C28H31F2N7O4. The van der Waals surface area contributed by atoms with Crippen LogP contribution in [0.4, 0.5) is 20.3 Å². The average molecular weight is 568 g/mol. The normalized spacial score (nSPS) is 11.0. The summed E-state index contributed by atoms with van der Waals surface area (Å²) in [4.78, 5) is 32.0. The molecule has 0 aliphatic heterocycles. The summed E-state index contributed by atoms with van der Waals surface area (Å²) < 4.78 is 35.6. The largest absolute Gasteiger partial charge is 0.494 e. The second-order valence-corrected chi connectivity index (χ2v) is 8.98. The highest BCUT2D eigenvalue weighted by Gasteiger charge is 2.19. The standard InChI is InChI=1S/C28H31F2N7O4/c1-3-17-14-18(4-5-19(17)28(40)34-11-10-31-8-9-32-16-23(38)39)36-26-27-35-15-21(37(27)13-12-33-26)20-6-7-22(41-2)25(30)24(20)29/h4-7,12-15,31-32H,3,8-11,16H2,1-2H3,(H,33,36)(H,34,40)(H,38,39). The van der Waals surface area contributed by atoms with Gasteiger partial charge in [0, 0.05) is 55.4 Å². The fourth-order valence-corrected chi connectivity index (χ4v) is 4.27. The second kappa shape index (κ2) is 13.6. The number of fused-ring (bicyclic) bond motifs is 1. The molecule has 11 nitrogen and oxygen atoms in total. The minimum Gasteiger partial charge on any atom is -0.494 e. The summed E-state index contributed by atoms with van der Waals surface area (Å²) in [6.45, 7) is 3.89. The van der Waals surface area contributed by atoms with Gasteiger partial charge in [0.15, 0.2) is 23.0 Å². The number of nitrogens with zero attached hydrogens (tertiary/aromatic N) is 3. The predicted molar refractivity (Wildman–Crippen MR) is 150 cm³/mol. The highest BCUT2D eigenvalue weighted by molar-refractivity contribution is 5.96. The van der Waals surface area contributed by atoms with Gasteiger partial charge in [-0.3, -0.25) is 14.0 Å². The molecule has 0 aliphatic carbocycles. The Bertz CT molecular complexity index is 1540. The first-order valence-corrected chi connectivity index (χ1v) is 13.0. The molecule has 0 atom stereocenters. The zero-order valence-electron chi connectivity index (χ0n) is 22.6. The Morgan fingerprint density at radius 2 is 1.80 bits per heavy atom. The number of aromatic nitrogens is 3. The number of benzene rings is 2. The molecule has 2 heterocycles. The molecule has 1 amide bonds. The van der Waals surface area contributed by atoms with Gasteiger partial charge in [-0.25, -0.2) is 14.4 Å². The van der Waals surface area contributed by atoms with Crippen molar-refractivity contribution in [2.24, 2.45) is 0 Å². The van der Waals surface area contributed by atoms with Crippen LogP contribution in [0.2, 0.25) is 0 Å². The third kappa shape index (κ3) is 6.94. The van der Waals surface area contributed by atoms with Gasteiger partial charge < -0.3 is 31.1 Å². The first-order chi connectivity index (χ1) is 19.8. The molecule has 2 aromatic heterocycles. The van der Waals surface area contributed by atoms with Gasteiger partial charge in [-0.1, -0.05) is 6.92 Å². The van der Waals surface area contributed by atoms with E-state index in [9.17, 15) is 18.4 Å². The van der Waals surface area contributed by atoms with Crippen molar-refractivity contribution in [2.45, 2.75) is 13.3 Å². The highest BCUT2D eigenvalue weighted by Crippen LogP contribution is 2.31. The lowest BCUT2D eigenvalue weighted by atomic mass is 10.0. The van der Waals surface area contributed by atoms with Crippen molar-refractivity contribution in [3.8, 4) is 17.0 Å². The van der Waals surface area contributed by atoms with Gasteiger partial charge in [0.25, 0.3) is 5.91 Å². The van der Waals surface area contributed by atoms with Crippen LogP contribution in [0.15, 0.2) is 48.9 Å². The zero-order valence-corrected chi connectivity index (χ0v) is 22.6. The molecule has 0 bridgehead atoms. The van der Waals surface area contributed by atoms with Crippen LogP contribution in [0.3, 0.4) is 0 Å². The van der Waals surface area contributed by atoms with E-state index in [0.717, 1.165) is 5.56 Å². The third-order valence-corrected chi connectivity index (χ3v) is 6.31. The number of amides is 1. The van der Waals surface area contributed by atoms with Crippen LogP contribution in [0.1, 0.15) is 22.8 Å². The number of aryl methyl sites for hydroxylation is 1. The Morgan fingerprint density at radius 1 is 1.02 bits per heavy atom. The van der Waals surface area contributed by atoms with Crippen LogP contribution >= 0.6 is 0 Å². The number of carbonyl (C=O) groups excluding carboxylic acids is 1. The van der Waals surface area contributed by atoms with Crippen LogP contribution in [0.25, 0.3) is 16.9 Å². The molecule has 4 aromatic rings. The zero-order chi connectivity index (χ0) is 29.4. The number of ether oxygens (including phenoxy) is 1. The Hall–Kier alpha value is -4.62. The summed E-state index contributed by atoms with van der Waals surface area (Å²) in [5, 5.41) is 20.6. The Labute approximate surface area is 235 Å². The fraction of sp³-hybridized carbons (Fsp3) is 0.286. The summed E-state index contributed by atoms with van der Waals surface area (Å²) in [5.41, 5.74) is 2.83. The SMILES string of the molecule is CCc1cc(Nc2nccn3c(-c4ccc(OC)c(F)c4F)cnc23)ccc1C(=O)NCCNCCNCC(=O)O. The number of carbonyl (C=O) groups is 2. The van der Waals surface area contributed by atoms with Crippen molar-refractivity contribution in [1.29, 1.82) is 0 Å². The van der Waals surface area contributed by atoms with E-state index in [-0.39, 0.29) is 23.8 Å². The minimum absolute atomic E-state index is 0.0293. The number of methoxy groups -OCH3 is 1. The Morgan fingerprint density at radius 3 is 2.56 bits per heavy atom. The van der Waals surface area contributed by atoms with E-state index in [1.807, 2.05) is 13.0 Å². The molecule has 0 spiro atoms. The molecule has 0 aliphatic rings. The number of imidazole rings is 1. The van der Waals surface area contributed by atoms with Crippen LogP contribution in [0.5, 0.6) is 5.75 Å². The molecule has 216 valence electrons. The number of anilines is 2. The van der Waals surface area contributed by atoms with E-state index in [1.54, 1.807) is 22.7 Å². The lowest BCUT2D eigenvalue weighted by molar-refractivity contribution is -0.135. The molecule has 0 saturated heterocycles. The summed E-state index contributed by atoms with van der Waals surface area (Å²) in [6, 6.07) is 8.13. The number of aliphatic carboxylic acids is 1. The van der Waals surface area contributed by atoms with E-state index < -0.39 is 17.6 Å². The number of hydrogen-bond donors (Lipinski definition) is 5. The Kier molecular flexibility index (Phi) is 9.77. The van der Waals surface area contributed by atoms with E-state index >= 15 is 0 Å². The average Bonchev–Trinajstić information content (AvgIpc) is 3.40. The smallest absolute Gasteiger partial charge is 0.317 e. The molecule has 13 heteroatoms. The van der Waals surface area contributed by atoms with Gasteiger partial charge in [-0.2, -0.15) is 4.39 Å². The lowest BCUT2D eigenvalue weighted by Crippen LogP contribution is -2.36. The first kappa shape index (κ1) is 29.4. The van der Waals surface area contributed by atoms with Crippen molar-refractivity contribution < 1.29 is 28.2 Å². The van der Waals surface area contributed by atoms with Crippen molar-refractivity contribution in [3.05, 3.63) is 71.7 Å². The number of rotatable bonds is 14. The molecule has 2 aromatic carbocycles. The number of carboxylic acid groups (broad SMARTS) is 1. The molecule has 5 N–H and O–H groups in total. The van der Waals surface area contributed by atoms with E-state index in [4.69, 9.17) is 9.84 Å². The van der Waals surface area contributed by atoms with Crippen molar-refractivity contribution >= 4 is 29.0 Å². The third-order valence-electron chi connectivity index (χ3n) is 6.31. The van der Waals surface area contributed by atoms with E-state index in [1.165, 1.54) is 31.6 Å². The maximum Gasteiger partial charge on any atom is 0.317 e. The summed E-state index contributed by atoms with van der Waals surface area (Å²) in [5.74, 6) is -3.02. The molecule has 0 unspecified atom stereocenters. The molecular weight excluding hydrogens is 536 g/mol. The minimum atomic E-state index is -1.08. The Balaban J connectivity index is 1.43. The molecule has 0 fully saturated rings. The lowest BCUT2D eigenvalue weighted by Gasteiger charge is -2.13. The van der Waals surface area contributed by atoms with Gasteiger partial charge in [0.05, 0.1) is 25.5 Å². The van der Waals surface area contributed by atoms with E-state index in [2.05, 4.69) is 31.2 Å². The van der Waals surface area contributed by atoms with Crippen LogP contribution in [0, 0.1) is 11.6 Å². The quantitative estimate of drug-likeness (QED) is 0.145. The first-order valence-electron chi connectivity index (χ1n) is 13.0. The number of halogens is 2. The fourth-order valence-electron chi connectivity index (χ4n) is 4.27. The van der Waals surface area contributed by atoms with Gasteiger partial charge in [-0.15, -0.1) is 0 Å². The topological polar surface area (TPSA) is 142 Å². The van der Waals surface area contributed by atoms with Crippen molar-refractivity contribution in [2.75, 3.05) is 45.2 Å². The molecule has 4 rings (SSSR count). The monoisotopic (exact) mass is 567 g/mol. The predicted octanol–water partition coefficient (Wildman–Crippen LogP) is 2.98.